The predicted molar refractivity (Wildman–Crippen MR) is 142 cm³/mol. The SMILES string of the molecule is CCCNC(=O)C(Cc1ccccc1)N(Cc1ccccc1Cl)C(=O)CSCc1ccccc1. The van der Waals surface area contributed by atoms with Gasteiger partial charge in [-0.25, -0.2) is 0 Å². The molecule has 2 amide bonds. The van der Waals surface area contributed by atoms with Crippen molar-refractivity contribution in [2.75, 3.05) is 12.3 Å². The van der Waals surface area contributed by atoms with Crippen molar-refractivity contribution < 1.29 is 9.59 Å². The van der Waals surface area contributed by atoms with Gasteiger partial charge in [-0.1, -0.05) is 97.4 Å². The molecular weight excluding hydrogens is 464 g/mol. The molecule has 1 N–H and O–H groups in total. The highest BCUT2D eigenvalue weighted by Gasteiger charge is 2.30. The maximum absolute atomic E-state index is 13.5. The first-order valence-electron chi connectivity index (χ1n) is 11.5. The van der Waals surface area contributed by atoms with E-state index in [1.807, 2.05) is 79.7 Å². The molecule has 3 aromatic rings. The summed E-state index contributed by atoms with van der Waals surface area (Å²) in [5.74, 6) is 0.802. The number of halogens is 1. The summed E-state index contributed by atoms with van der Waals surface area (Å²) in [6.07, 6.45) is 1.27. The smallest absolute Gasteiger partial charge is 0.243 e. The van der Waals surface area contributed by atoms with E-state index in [4.69, 9.17) is 11.6 Å². The number of hydrogen-bond acceptors (Lipinski definition) is 3. The van der Waals surface area contributed by atoms with E-state index in [0.717, 1.165) is 23.3 Å². The van der Waals surface area contributed by atoms with Crippen molar-refractivity contribution in [1.82, 2.24) is 10.2 Å². The van der Waals surface area contributed by atoms with E-state index >= 15 is 0 Å². The summed E-state index contributed by atoms with van der Waals surface area (Å²) < 4.78 is 0. The lowest BCUT2D eigenvalue weighted by Crippen LogP contribution is -2.51. The largest absolute Gasteiger partial charge is 0.354 e. The van der Waals surface area contributed by atoms with Gasteiger partial charge in [0.1, 0.15) is 6.04 Å². The molecule has 0 aromatic heterocycles. The van der Waals surface area contributed by atoms with Gasteiger partial charge in [-0.2, -0.15) is 0 Å². The van der Waals surface area contributed by atoms with E-state index in [2.05, 4.69) is 17.4 Å². The highest BCUT2D eigenvalue weighted by atomic mass is 35.5. The van der Waals surface area contributed by atoms with Crippen LogP contribution in [0.5, 0.6) is 0 Å². The number of hydrogen-bond donors (Lipinski definition) is 1. The van der Waals surface area contributed by atoms with Crippen molar-refractivity contribution in [2.45, 2.75) is 38.1 Å². The van der Waals surface area contributed by atoms with Crippen LogP contribution in [0.4, 0.5) is 0 Å². The summed E-state index contributed by atoms with van der Waals surface area (Å²) in [5.41, 5.74) is 3.00. The van der Waals surface area contributed by atoms with Gasteiger partial charge in [0, 0.05) is 30.3 Å². The molecule has 0 spiro atoms. The van der Waals surface area contributed by atoms with E-state index in [-0.39, 0.29) is 24.1 Å². The molecule has 0 fully saturated rings. The molecule has 0 aliphatic heterocycles. The molecule has 0 bridgehead atoms. The fourth-order valence-electron chi connectivity index (χ4n) is 3.64. The molecule has 34 heavy (non-hydrogen) atoms. The van der Waals surface area contributed by atoms with E-state index in [1.165, 1.54) is 5.56 Å². The zero-order valence-corrected chi connectivity index (χ0v) is 21.0. The van der Waals surface area contributed by atoms with Gasteiger partial charge in [0.2, 0.25) is 11.8 Å². The number of carbonyl (C=O) groups is 2. The van der Waals surface area contributed by atoms with Crippen LogP contribution in [-0.4, -0.2) is 35.1 Å². The van der Waals surface area contributed by atoms with Crippen molar-refractivity contribution in [1.29, 1.82) is 0 Å². The van der Waals surface area contributed by atoms with Crippen molar-refractivity contribution >= 4 is 35.2 Å². The fraction of sp³-hybridized carbons (Fsp3) is 0.286. The van der Waals surface area contributed by atoms with Crippen LogP contribution in [0, 0.1) is 0 Å². The molecule has 3 rings (SSSR count). The maximum atomic E-state index is 13.5. The van der Waals surface area contributed by atoms with Gasteiger partial charge in [-0.15, -0.1) is 11.8 Å². The number of rotatable bonds is 12. The lowest BCUT2D eigenvalue weighted by atomic mass is 10.0. The predicted octanol–water partition coefficient (Wildman–Crippen LogP) is 5.74. The van der Waals surface area contributed by atoms with Gasteiger partial charge >= 0.3 is 0 Å². The summed E-state index contributed by atoms with van der Waals surface area (Å²) >= 11 is 8.00. The van der Waals surface area contributed by atoms with Crippen LogP contribution in [0.2, 0.25) is 5.02 Å². The topological polar surface area (TPSA) is 49.4 Å². The molecule has 0 saturated carbocycles. The van der Waals surface area contributed by atoms with Crippen LogP contribution < -0.4 is 5.32 Å². The molecule has 1 unspecified atom stereocenters. The quantitative estimate of drug-likeness (QED) is 0.349. The number of nitrogens with one attached hydrogen (secondary N) is 1. The Balaban J connectivity index is 1.84. The molecule has 4 nitrogen and oxygen atoms in total. The van der Waals surface area contributed by atoms with Gasteiger partial charge < -0.3 is 10.2 Å². The third-order valence-electron chi connectivity index (χ3n) is 5.46. The highest BCUT2D eigenvalue weighted by molar-refractivity contribution is 7.99. The first-order valence-corrected chi connectivity index (χ1v) is 13.1. The average Bonchev–Trinajstić information content (AvgIpc) is 2.87. The van der Waals surface area contributed by atoms with Crippen LogP contribution >= 0.6 is 23.4 Å². The first kappa shape index (κ1) is 25.9. The third kappa shape index (κ3) is 7.93. The molecule has 3 aromatic carbocycles. The zero-order valence-electron chi connectivity index (χ0n) is 19.5. The molecular formula is C28H31ClN2O2S. The highest BCUT2D eigenvalue weighted by Crippen LogP contribution is 2.22. The molecule has 0 heterocycles. The molecule has 0 aliphatic carbocycles. The Morgan fingerprint density at radius 1 is 0.912 bits per heavy atom. The summed E-state index contributed by atoms with van der Waals surface area (Å²) in [6, 6.07) is 26.8. The molecule has 0 saturated heterocycles. The minimum atomic E-state index is -0.630. The Kier molecular flexibility index (Phi) is 10.5. The van der Waals surface area contributed by atoms with Crippen LogP contribution in [0.3, 0.4) is 0 Å². The van der Waals surface area contributed by atoms with E-state index < -0.39 is 6.04 Å². The van der Waals surface area contributed by atoms with Crippen LogP contribution in [0.15, 0.2) is 84.9 Å². The number of amides is 2. The van der Waals surface area contributed by atoms with Gasteiger partial charge in [0.15, 0.2) is 0 Å². The number of thioether (sulfide) groups is 1. The van der Waals surface area contributed by atoms with Gasteiger partial charge in [0.05, 0.1) is 5.75 Å². The second-order valence-electron chi connectivity index (χ2n) is 8.09. The zero-order chi connectivity index (χ0) is 24.2. The van der Waals surface area contributed by atoms with Crippen LogP contribution in [-0.2, 0) is 28.3 Å². The van der Waals surface area contributed by atoms with Crippen LogP contribution in [0.1, 0.15) is 30.0 Å². The van der Waals surface area contributed by atoms with Crippen molar-refractivity contribution in [3.05, 3.63) is 107 Å². The van der Waals surface area contributed by atoms with Gasteiger partial charge in [0.25, 0.3) is 0 Å². The minimum absolute atomic E-state index is 0.0755. The first-order chi connectivity index (χ1) is 16.6. The van der Waals surface area contributed by atoms with E-state index in [0.29, 0.717) is 18.0 Å². The fourth-order valence-corrected chi connectivity index (χ4v) is 4.71. The van der Waals surface area contributed by atoms with Crippen LogP contribution in [0.25, 0.3) is 0 Å². The number of nitrogens with zero attached hydrogens (tertiary/aromatic N) is 1. The van der Waals surface area contributed by atoms with Crippen molar-refractivity contribution in [3.8, 4) is 0 Å². The second kappa shape index (κ2) is 13.8. The Labute approximate surface area is 211 Å². The molecule has 178 valence electrons. The van der Waals surface area contributed by atoms with Gasteiger partial charge in [-0.05, 0) is 29.2 Å². The normalized spacial score (nSPS) is 11.6. The average molecular weight is 495 g/mol. The molecule has 0 radical (unpaired) electrons. The standard InChI is InChI=1S/C28H31ClN2O2S/c1-2-17-30-28(33)26(18-22-11-5-3-6-12-22)31(19-24-15-9-10-16-25(24)29)27(32)21-34-20-23-13-7-4-8-14-23/h3-16,26H,2,17-21H2,1H3,(H,30,33). The molecule has 6 heteroatoms. The maximum Gasteiger partial charge on any atom is 0.243 e. The number of carbonyl (C=O) groups excluding carboxylic acids is 2. The Hall–Kier alpha value is -2.76. The summed E-state index contributed by atoms with van der Waals surface area (Å²) in [4.78, 5) is 28.5. The lowest BCUT2D eigenvalue weighted by Gasteiger charge is -2.31. The second-order valence-corrected chi connectivity index (χ2v) is 9.48. The summed E-state index contributed by atoms with van der Waals surface area (Å²) in [6.45, 7) is 2.86. The molecule has 0 aliphatic rings. The minimum Gasteiger partial charge on any atom is -0.354 e. The molecule has 1 atom stereocenters. The lowest BCUT2D eigenvalue weighted by molar-refractivity contribution is -0.139. The van der Waals surface area contributed by atoms with Crippen molar-refractivity contribution in [3.63, 3.8) is 0 Å². The Morgan fingerprint density at radius 2 is 1.53 bits per heavy atom. The van der Waals surface area contributed by atoms with Crippen molar-refractivity contribution in [2.24, 2.45) is 0 Å². The number of benzene rings is 3. The van der Waals surface area contributed by atoms with Gasteiger partial charge in [-0.3, -0.25) is 9.59 Å². The third-order valence-corrected chi connectivity index (χ3v) is 6.81. The summed E-state index contributed by atoms with van der Waals surface area (Å²) in [5, 5.41) is 3.59. The van der Waals surface area contributed by atoms with E-state index in [9.17, 15) is 9.59 Å². The monoisotopic (exact) mass is 494 g/mol. The Morgan fingerprint density at radius 3 is 2.18 bits per heavy atom. The Bertz CT molecular complexity index is 1050. The van der Waals surface area contributed by atoms with E-state index in [1.54, 1.807) is 16.7 Å². The summed E-state index contributed by atoms with van der Waals surface area (Å²) in [7, 11) is 0.